The van der Waals surface area contributed by atoms with Gasteiger partial charge in [-0.1, -0.05) is 48.5 Å². The Balaban J connectivity index is 1.57. The number of ether oxygens (including phenoxy) is 1. The smallest absolute Gasteiger partial charge is 0.252 e. The van der Waals surface area contributed by atoms with E-state index in [1.165, 1.54) is 6.07 Å². The second kappa shape index (κ2) is 8.37. The van der Waals surface area contributed by atoms with Gasteiger partial charge in [0.15, 0.2) is 0 Å². The standard InChI is InChI=1S/C22H23N3O3/c26-21-14-18(17-8-4-5-9-19(17)24-21)22(27)23-15-20(16-6-2-1-3-7-16)25-10-12-28-13-11-25/h1-9,14,20H,10-13,15H2,(H,23,27)(H,24,26). The topological polar surface area (TPSA) is 74.4 Å². The van der Waals surface area contributed by atoms with Crippen molar-refractivity contribution in [2.24, 2.45) is 0 Å². The first kappa shape index (κ1) is 18.4. The number of carbonyl (C=O) groups excluding carboxylic acids is 1. The highest BCUT2D eigenvalue weighted by Crippen LogP contribution is 2.21. The summed E-state index contributed by atoms with van der Waals surface area (Å²) in [6.07, 6.45) is 0. The van der Waals surface area contributed by atoms with Crippen molar-refractivity contribution >= 4 is 16.8 Å². The second-order valence-corrected chi connectivity index (χ2v) is 6.88. The Kier molecular flexibility index (Phi) is 5.50. The Morgan fingerprint density at radius 2 is 1.79 bits per heavy atom. The van der Waals surface area contributed by atoms with Gasteiger partial charge in [-0.05, 0) is 11.6 Å². The van der Waals surface area contributed by atoms with Gasteiger partial charge in [-0.15, -0.1) is 0 Å². The molecule has 1 aliphatic heterocycles. The lowest BCUT2D eigenvalue weighted by Crippen LogP contribution is -2.43. The summed E-state index contributed by atoms with van der Waals surface area (Å²) in [5, 5.41) is 3.78. The highest BCUT2D eigenvalue weighted by molar-refractivity contribution is 6.05. The maximum atomic E-state index is 12.9. The number of aromatic nitrogens is 1. The first-order chi connectivity index (χ1) is 13.7. The number of nitrogens with zero attached hydrogens (tertiary/aromatic N) is 1. The van der Waals surface area contributed by atoms with Crippen LogP contribution < -0.4 is 10.9 Å². The molecule has 3 aromatic rings. The Bertz CT molecular complexity index is 1010. The average molecular weight is 377 g/mol. The quantitative estimate of drug-likeness (QED) is 0.716. The molecule has 1 saturated heterocycles. The number of aromatic amines is 1. The van der Waals surface area contributed by atoms with Gasteiger partial charge in [-0.2, -0.15) is 0 Å². The summed E-state index contributed by atoms with van der Waals surface area (Å²) in [5.74, 6) is -0.239. The van der Waals surface area contributed by atoms with Gasteiger partial charge in [0.2, 0.25) is 5.56 Å². The molecule has 2 heterocycles. The van der Waals surface area contributed by atoms with Crippen molar-refractivity contribution in [2.75, 3.05) is 32.8 Å². The monoisotopic (exact) mass is 377 g/mol. The van der Waals surface area contributed by atoms with E-state index in [-0.39, 0.29) is 17.5 Å². The highest BCUT2D eigenvalue weighted by atomic mass is 16.5. The number of morpholine rings is 1. The molecule has 2 aromatic carbocycles. The van der Waals surface area contributed by atoms with Crippen molar-refractivity contribution in [2.45, 2.75) is 6.04 Å². The van der Waals surface area contributed by atoms with Crippen LogP contribution in [0.25, 0.3) is 10.9 Å². The number of amides is 1. The molecule has 4 rings (SSSR count). The third-order valence-corrected chi connectivity index (χ3v) is 5.12. The van der Waals surface area contributed by atoms with E-state index in [0.717, 1.165) is 24.0 Å². The maximum Gasteiger partial charge on any atom is 0.252 e. The summed E-state index contributed by atoms with van der Waals surface area (Å²) in [7, 11) is 0. The number of fused-ring (bicyclic) bond motifs is 1. The zero-order valence-electron chi connectivity index (χ0n) is 15.6. The van der Waals surface area contributed by atoms with Crippen molar-refractivity contribution < 1.29 is 9.53 Å². The van der Waals surface area contributed by atoms with Crippen molar-refractivity contribution in [3.05, 3.63) is 82.1 Å². The largest absolute Gasteiger partial charge is 0.379 e. The molecule has 6 heteroatoms. The van der Waals surface area contributed by atoms with Crippen LogP contribution in [-0.4, -0.2) is 48.6 Å². The molecule has 0 spiro atoms. The first-order valence-corrected chi connectivity index (χ1v) is 9.49. The number of pyridine rings is 1. The van der Waals surface area contributed by atoms with Gasteiger partial charge >= 0.3 is 0 Å². The van der Waals surface area contributed by atoms with Crippen molar-refractivity contribution in [3.63, 3.8) is 0 Å². The van der Waals surface area contributed by atoms with Gasteiger partial charge in [0, 0.05) is 36.6 Å². The SMILES string of the molecule is O=C(NCC(c1ccccc1)N1CCOCC1)c1cc(=O)[nH]c2ccccc12. The summed E-state index contributed by atoms with van der Waals surface area (Å²) < 4.78 is 5.47. The van der Waals surface area contributed by atoms with Gasteiger partial charge in [0.25, 0.3) is 5.91 Å². The van der Waals surface area contributed by atoms with Gasteiger partial charge in [-0.25, -0.2) is 0 Å². The average Bonchev–Trinajstić information content (AvgIpc) is 2.74. The first-order valence-electron chi connectivity index (χ1n) is 9.49. The molecule has 28 heavy (non-hydrogen) atoms. The number of hydrogen-bond acceptors (Lipinski definition) is 4. The molecule has 0 radical (unpaired) electrons. The van der Waals surface area contributed by atoms with Crippen LogP contribution in [0.2, 0.25) is 0 Å². The van der Waals surface area contributed by atoms with Crippen LogP contribution in [0.15, 0.2) is 65.5 Å². The Hall–Kier alpha value is -2.96. The minimum absolute atomic E-state index is 0.0577. The lowest BCUT2D eigenvalue weighted by Gasteiger charge is -2.35. The summed E-state index contributed by atoms with van der Waals surface area (Å²) in [5.41, 5.74) is 1.93. The molecule has 1 amide bonds. The predicted octanol–water partition coefficient (Wildman–Crippen LogP) is 2.33. The van der Waals surface area contributed by atoms with Crippen LogP contribution in [0.4, 0.5) is 0 Å². The van der Waals surface area contributed by atoms with Crippen LogP contribution in [-0.2, 0) is 4.74 Å². The van der Waals surface area contributed by atoms with E-state index in [0.29, 0.717) is 30.8 Å². The fourth-order valence-corrected chi connectivity index (χ4v) is 3.70. The summed E-state index contributed by atoms with van der Waals surface area (Å²) in [4.78, 5) is 30.0. The summed E-state index contributed by atoms with van der Waals surface area (Å²) in [6, 6.07) is 18.9. The summed E-state index contributed by atoms with van der Waals surface area (Å²) in [6.45, 7) is 3.49. The van der Waals surface area contributed by atoms with E-state index in [4.69, 9.17) is 4.74 Å². The third-order valence-electron chi connectivity index (χ3n) is 5.12. The minimum Gasteiger partial charge on any atom is -0.379 e. The zero-order valence-corrected chi connectivity index (χ0v) is 15.6. The molecule has 1 fully saturated rings. The van der Waals surface area contributed by atoms with Crippen LogP contribution >= 0.6 is 0 Å². The normalized spacial score (nSPS) is 16.0. The van der Waals surface area contributed by atoms with E-state index in [9.17, 15) is 9.59 Å². The molecule has 144 valence electrons. The predicted molar refractivity (Wildman–Crippen MR) is 108 cm³/mol. The Morgan fingerprint density at radius 3 is 2.57 bits per heavy atom. The van der Waals surface area contributed by atoms with Crippen molar-refractivity contribution in [3.8, 4) is 0 Å². The molecule has 1 unspecified atom stereocenters. The van der Waals surface area contributed by atoms with Crippen LogP contribution in [0.5, 0.6) is 0 Å². The van der Waals surface area contributed by atoms with Gasteiger partial charge in [0.05, 0.1) is 24.8 Å². The molecular formula is C22H23N3O3. The van der Waals surface area contributed by atoms with E-state index in [1.54, 1.807) is 6.07 Å². The van der Waals surface area contributed by atoms with E-state index in [1.807, 2.05) is 36.4 Å². The molecule has 0 bridgehead atoms. The number of carbonyl (C=O) groups is 1. The van der Waals surface area contributed by atoms with Gasteiger partial charge in [0.1, 0.15) is 0 Å². The molecule has 1 atom stereocenters. The second-order valence-electron chi connectivity index (χ2n) is 6.88. The maximum absolute atomic E-state index is 12.9. The number of rotatable bonds is 5. The highest BCUT2D eigenvalue weighted by Gasteiger charge is 2.23. The Labute approximate surface area is 163 Å². The van der Waals surface area contributed by atoms with E-state index in [2.05, 4.69) is 27.3 Å². The number of hydrogen-bond donors (Lipinski definition) is 2. The van der Waals surface area contributed by atoms with E-state index >= 15 is 0 Å². The lowest BCUT2D eigenvalue weighted by atomic mass is 10.0. The number of nitrogens with one attached hydrogen (secondary N) is 2. The molecular weight excluding hydrogens is 354 g/mol. The molecule has 0 saturated carbocycles. The number of benzene rings is 2. The van der Waals surface area contributed by atoms with E-state index < -0.39 is 0 Å². The van der Waals surface area contributed by atoms with Gasteiger partial charge < -0.3 is 15.0 Å². The minimum atomic E-state index is -0.281. The van der Waals surface area contributed by atoms with Crippen molar-refractivity contribution in [1.82, 2.24) is 15.2 Å². The number of para-hydroxylation sites is 1. The van der Waals surface area contributed by atoms with Crippen LogP contribution in [0, 0.1) is 0 Å². The molecule has 6 nitrogen and oxygen atoms in total. The Morgan fingerprint density at radius 1 is 1.07 bits per heavy atom. The number of H-pyrrole nitrogens is 1. The molecule has 1 aromatic heterocycles. The van der Waals surface area contributed by atoms with Crippen molar-refractivity contribution in [1.29, 1.82) is 0 Å². The lowest BCUT2D eigenvalue weighted by molar-refractivity contribution is 0.0162. The fourth-order valence-electron chi connectivity index (χ4n) is 3.70. The summed E-state index contributed by atoms with van der Waals surface area (Å²) >= 11 is 0. The fraction of sp³-hybridized carbons (Fsp3) is 0.273. The third kappa shape index (κ3) is 3.98. The van der Waals surface area contributed by atoms with Crippen LogP contribution in [0.3, 0.4) is 0 Å². The van der Waals surface area contributed by atoms with Gasteiger partial charge in [-0.3, -0.25) is 14.5 Å². The van der Waals surface area contributed by atoms with Crippen LogP contribution in [0.1, 0.15) is 22.0 Å². The molecule has 0 aliphatic carbocycles. The molecule has 2 N–H and O–H groups in total. The molecule has 1 aliphatic rings. The zero-order chi connectivity index (χ0) is 19.3.